The first-order valence-corrected chi connectivity index (χ1v) is 17.2. The molecule has 5 fully saturated rings. The molecule has 6 aliphatic rings. The second-order valence-electron chi connectivity index (χ2n) is 17.7. The van der Waals surface area contributed by atoms with Gasteiger partial charge in [0.1, 0.15) is 24.1 Å². The van der Waals surface area contributed by atoms with Gasteiger partial charge in [-0.25, -0.2) is 4.79 Å². The van der Waals surface area contributed by atoms with Gasteiger partial charge in [0, 0.05) is 11.8 Å². The molecular weight excluding hydrogens is 592 g/mol. The van der Waals surface area contributed by atoms with Crippen molar-refractivity contribution in [3.8, 4) is 0 Å². The van der Waals surface area contributed by atoms with E-state index in [2.05, 4.69) is 47.6 Å². The van der Waals surface area contributed by atoms with Crippen LogP contribution in [0, 0.1) is 50.2 Å². The maximum Gasteiger partial charge on any atom is 0.335 e. The molecule has 6 rings (SSSR count). The second kappa shape index (κ2) is 10.6. The van der Waals surface area contributed by atoms with Crippen LogP contribution in [-0.2, 0) is 23.9 Å². The monoisotopic (exact) mass is 646 g/mol. The third-order valence-electron chi connectivity index (χ3n) is 15.2. The van der Waals surface area contributed by atoms with Crippen molar-refractivity contribution >= 4 is 17.7 Å². The van der Waals surface area contributed by atoms with Gasteiger partial charge in [-0.3, -0.25) is 9.59 Å². The smallest absolute Gasteiger partial charge is 0.335 e. The SMILES string of the molecule is CC1(C(=O)O)CC(=O)C2(C)CCC3(C)C(=CCC4C5(C)CCC(OC6OC(C(=O)O)C(O)C(O)C6O)C(C)(C)C5CCC43C)C2C1. The van der Waals surface area contributed by atoms with Crippen LogP contribution in [0.4, 0.5) is 0 Å². The molecular formula is C36H54O10. The number of aliphatic hydroxyl groups excluding tert-OH is 3. The van der Waals surface area contributed by atoms with Crippen molar-refractivity contribution in [1.82, 2.24) is 0 Å². The van der Waals surface area contributed by atoms with Gasteiger partial charge in [0.15, 0.2) is 12.4 Å². The summed E-state index contributed by atoms with van der Waals surface area (Å²) in [5.41, 5.74) is -0.917. The standard InChI is InChI=1S/C36H54O10/c1-31(2)20-10-13-36(7)21(34(20,5)12-11-23(31)45-29-26(40)24(38)25(39)27(46-29)28(41)42)9-8-18-19-16-32(3,30(43)44)17-22(37)33(19,4)14-15-35(18,36)6/h8,19-21,23-27,29,38-40H,9-17H2,1-7H3,(H,41,42)(H,43,44). The number of carboxylic acids is 2. The van der Waals surface area contributed by atoms with Crippen molar-refractivity contribution in [2.45, 2.75) is 143 Å². The fourth-order valence-corrected chi connectivity index (χ4v) is 12.0. The van der Waals surface area contributed by atoms with E-state index in [0.717, 1.165) is 38.5 Å². The molecule has 1 saturated heterocycles. The first-order chi connectivity index (χ1) is 21.2. The number of ketones is 1. The van der Waals surface area contributed by atoms with E-state index >= 15 is 0 Å². The number of fused-ring (bicyclic) bond motifs is 7. The maximum atomic E-state index is 13.6. The van der Waals surface area contributed by atoms with Gasteiger partial charge >= 0.3 is 11.9 Å². The average molecular weight is 647 g/mol. The summed E-state index contributed by atoms with van der Waals surface area (Å²) >= 11 is 0. The van der Waals surface area contributed by atoms with E-state index < -0.39 is 53.5 Å². The van der Waals surface area contributed by atoms with Crippen molar-refractivity contribution in [2.75, 3.05) is 0 Å². The summed E-state index contributed by atoms with van der Waals surface area (Å²) < 4.78 is 11.9. The molecule has 0 bridgehead atoms. The molecule has 4 saturated carbocycles. The summed E-state index contributed by atoms with van der Waals surface area (Å²) in [6.45, 7) is 15.4. The van der Waals surface area contributed by atoms with Crippen molar-refractivity contribution in [1.29, 1.82) is 0 Å². The predicted octanol–water partition coefficient (Wildman–Crippen LogP) is 4.33. The van der Waals surface area contributed by atoms with Crippen LogP contribution in [0.1, 0.15) is 106 Å². The van der Waals surface area contributed by atoms with Crippen LogP contribution >= 0.6 is 0 Å². The van der Waals surface area contributed by atoms with Crippen LogP contribution in [0.2, 0.25) is 0 Å². The lowest BCUT2D eigenvalue weighted by Crippen LogP contribution is -2.66. The van der Waals surface area contributed by atoms with Gasteiger partial charge in [-0.1, -0.05) is 53.2 Å². The Morgan fingerprint density at radius 3 is 2.17 bits per heavy atom. The van der Waals surface area contributed by atoms with Gasteiger partial charge in [0.05, 0.1) is 11.5 Å². The highest BCUT2D eigenvalue weighted by Crippen LogP contribution is 2.75. The molecule has 258 valence electrons. The maximum absolute atomic E-state index is 13.6. The summed E-state index contributed by atoms with van der Waals surface area (Å²) in [5.74, 6) is -1.71. The molecule has 14 unspecified atom stereocenters. The lowest BCUT2D eigenvalue weighted by molar-refractivity contribution is -0.324. The number of ether oxygens (including phenoxy) is 2. The van der Waals surface area contributed by atoms with Crippen molar-refractivity contribution in [2.24, 2.45) is 50.2 Å². The highest BCUT2D eigenvalue weighted by molar-refractivity contribution is 5.92. The number of carboxylic acid groups (broad SMARTS) is 2. The Hall–Kier alpha value is -1.85. The number of carbonyl (C=O) groups excluding carboxylic acids is 1. The van der Waals surface area contributed by atoms with Crippen LogP contribution in [0.3, 0.4) is 0 Å². The van der Waals surface area contributed by atoms with Crippen LogP contribution in [-0.4, -0.2) is 80.1 Å². The molecule has 1 heterocycles. The fourth-order valence-electron chi connectivity index (χ4n) is 12.0. The zero-order valence-electron chi connectivity index (χ0n) is 28.4. The first-order valence-electron chi connectivity index (χ1n) is 17.2. The zero-order valence-corrected chi connectivity index (χ0v) is 28.4. The van der Waals surface area contributed by atoms with Crippen molar-refractivity contribution in [3.63, 3.8) is 0 Å². The molecule has 0 aromatic carbocycles. The first kappa shape index (κ1) is 34.0. The molecule has 5 aliphatic carbocycles. The largest absolute Gasteiger partial charge is 0.481 e. The van der Waals surface area contributed by atoms with Gasteiger partial charge in [0.25, 0.3) is 0 Å². The van der Waals surface area contributed by atoms with Gasteiger partial charge in [0.2, 0.25) is 0 Å². The molecule has 10 heteroatoms. The highest BCUT2D eigenvalue weighted by atomic mass is 16.7. The fraction of sp³-hybridized carbons (Fsp3) is 0.861. The van der Waals surface area contributed by atoms with Crippen LogP contribution in [0.25, 0.3) is 0 Å². The summed E-state index contributed by atoms with van der Waals surface area (Å²) in [6, 6.07) is 0. The molecule has 1 aliphatic heterocycles. The van der Waals surface area contributed by atoms with Gasteiger partial charge in [-0.15, -0.1) is 0 Å². The number of hydrogen-bond donors (Lipinski definition) is 5. The number of allylic oxidation sites excluding steroid dienone is 2. The van der Waals surface area contributed by atoms with Crippen LogP contribution in [0.5, 0.6) is 0 Å². The molecule has 0 aromatic heterocycles. The number of rotatable bonds is 4. The van der Waals surface area contributed by atoms with E-state index in [1.54, 1.807) is 6.92 Å². The highest BCUT2D eigenvalue weighted by Gasteiger charge is 2.69. The Kier molecular flexibility index (Phi) is 7.82. The topological polar surface area (TPSA) is 171 Å². The summed E-state index contributed by atoms with van der Waals surface area (Å²) in [6.07, 6.45) is 0.449. The molecule has 0 amide bonds. The number of hydrogen-bond acceptors (Lipinski definition) is 8. The molecule has 0 spiro atoms. The lowest BCUT2D eigenvalue weighted by atomic mass is 9.33. The third kappa shape index (κ3) is 4.41. The minimum Gasteiger partial charge on any atom is -0.481 e. The molecule has 46 heavy (non-hydrogen) atoms. The molecule has 0 aromatic rings. The van der Waals surface area contributed by atoms with Crippen molar-refractivity contribution in [3.05, 3.63) is 11.6 Å². The van der Waals surface area contributed by atoms with Crippen molar-refractivity contribution < 1.29 is 49.4 Å². The Morgan fingerprint density at radius 1 is 0.870 bits per heavy atom. The van der Waals surface area contributed by atoms with E-state index in [1.165, 1.54) is 5.57 Å². The normalized spacial score (nSPS) is 53.1. The summed E-state index contributed by atoms with van der Waals surface area (Å²) in [5, 5.41) is 50.9. The molecule has 0 radical (unpaired) electrons. The van der Waals surface area contributed by atoms with Crippen LogP contribution < -0.4 is 0 Å². The van der Waals surface area contributed by atoms with Crippen LogP contribution in [0.15, 0.2) is 11.6 Å². The molecule has 14 atom stereocenters. The summed E-state index contributed by atoms with van der Waals surface area (Å²) in [4.78, 5) is 37.7. The van der Waals surface area contributed by atoms with Gasteiger partial charge in [-0.05, 0) is 97.7 Å². The van der Waals surface area contributed by atoms with E-state index in [-0.39, 0.29) is 51.8 Å². The van der Waals surface area contributed by atoms with E-state index in [0.29, 0.717) is 18.8 Å². The Labute approximate surface area is 271 Å². The minimum absolute atomic E-state index is 0.0501. The number of carbonyl (C=O) groups is 3. The quantitative estimate of drug-likeness (QED) is 0.219. The number of aliphatic hydroxyl groups is 3. The molecule has 10 nitrogen and oxygen atoms in total. The minimum atomic E-state index is -1.76. The average Bonchev–Trinajstić information content (AvgIpc) is 2.96. The number of aliphatic carboxylic acids is 2. The van der Waals surface area contributed by atoms with Gasteiger partial charge in [-0.2, -0.15) is 0 Å². The van der Waals surface area contributed by atoms with E-state index in [4.69, 9.17) is 9.47 Å². The van der Waals surface area contributed by atoms with E-state index in [9.17, 15) is 39.9 Å². The van der Waals surface area contributed by atoms with E-state index in [1.807, 2.05) is 0 Å². The third-order valence-corrected chi connectivity index (χ3v) is 15.2. The Morgan fingerprint density at radius 2 is 1.54 bits per heavy atom. The summed E-state index contributed by atoms with van der Waals surface area (Å²) in [7, 11) is 0. The number of Topliss-reactive ketones (excluding diaryl/α,β-unsaturated/α-hetero) is 1. The predicted molar refractivity (Wildman–Crippen MR) is 166 cm³/mol. The lowest BCUT2D eigenvalue weighted by Gasteiger charge is -2.71. The Bertz CT molecular complexity index is 1340. The second-order valence-corrected chi connectivity index (χ2v) is 17.7. The Balaban J connectivity index is 1.29. The van der Waals surface area contributed by atoms with Gasteiger partial charge < -0.3 is 35.0 Å². The molecule has 5 N–H and O–H groups in total. The zero-order chi connectivity index (χ0) is 34.0.